The molecule has 10 heteroatoms. The van der Waals surface area contributed by atoms with E-state index in [0.717, 1.165) is 12.1 Å². The molecule has 1 fully saturated rings. The van der Waals surface area contributed by atoms with Gasteiger partial charge in [-0.3, -0.25) is 15.0 Å². The summed E-state index contributed by atoms with van der Waals surface area (Å²) in [6, 6.07) is 7.57. The van der Waals surface area contributed by atoms with Crippen molar-refractivity contribution >= 4 is 15.9 Å². The van der Waals surface area contributed by atoms with E-state index in [9.17, 15) is 22.9 Å². The van der Waals surface area contributed by atoms with Gasteiger partial charge in [-0.2, -0.15) is 4.31 Å². The quantitative estimate of drug-likeness (QED) is 0.589. The summed E-state index contributed by atoms with van der Waals surface area (Å²) in [4.78, 5) is 12.0. The van der Waals surface area contributed by atoms with E-state index in [1.807, 2.05) is 4.90 Å². The Hall–Kier alpha value is -2.30. The molecular weight excluding hydrogens is 353 g/mol. The van der Waals surface area contributed by atoms with Crippen LogP contribution in [-0.4, -0.2) is 48.7 Å². The van der Waals surface area contributed by atoms with Crippen LogP contribution < -0.4 is 0 Å². The van der Waals surface area contributed by atoms with E-state index in [-0.39, 0.29) is 23.9 Å². The molecule has 0 saturated carbocycles. The molecule has 1 aromatic carbocycles. The summed E-state index contributed by atoms with van der Waals surface area (Å²) in [5.41, 5.74) is 0. The van der Waals surface area contributed by atoms with E-state index < -0.39 is 20.8 Å². The minimum absolute atomic E-state index is 0.0593. The summed E-state index contributed by atoms with van der Waals surface area (Å²) >= 11 is 0. The number of furan rings is 1. The Morgan fingerprint density at radius 2 is 1.72 bits per heavy atom. The fraction of sp³-hybridized carbons (Fsp3) is 0.333. The van der Waals surface area contributed by atoms with Gasteiger partial charge in [0.2, 0.25) is 10.0 Å². The Labute approximate surface area is 143 Å². The second-order valence-corrected chi connectivity index (χ2v) is 7.57. The van der Waals surface area contributed by atoms with E-state index in [1.165, 1.54) is 22.5 Å². The zero-order valence-corrected chi connectivity index (χ0v) is 14.0. The minimum Gasteiger partial charge on any atom is -0.404 e. The van der Waals surface area contributed by atoms with Gasteiger partial charge in [-0.25, -0.2) is 12.8 Å². The first-order valence-electron chi connectivity index (χ1n) is 7.57. The molecule has 0 N–H and O–H groups in total. The predicted octanol–water partition coefficient (Wildman–Crippen LogP) is 1.83. The van der Waals surface area contributed by atoms with Crippen molar-refractivity contribution in [3.8, 4) is 0 Å². The fourth-order valence-electron chi connectivity index (χ4n) is 2.65. The van der Waals surface area contributed by atoms with Crippen LogP contribution >= 0.6 is 0 Å². The predicted molar refractivity (Wildman–Crippen MR) is 85.8 cm³/mol. The lowest BCUT2D eigenvalue weighted by Gasteiger charge is -2.33. The average Bonchev–Trinajstić information content (AvgIpc) is 3.04. The molecule has 2 aromatic rings. The Balaban J connectivity index is 1.61. The van der Waals surface area contributed by atoms with Gasteiger partial charge in [-0.1, -0.05) is 0 Å². The third kappa shape index (κ3) is 3.86. The van der Waals surface area contributed by atoms with Gasteiger partial charge in [0, 0.05) is 26.2 Å². The van der Waals surface area contributed by atoms with Gasteiger partial charge < -0.3 is 4.42 Å². The van der Waals surface area contributed by atoms with Gasteiger partial charge in [0.25, 0.3) is 0 Å². The molecule has 0 atom stereocenters. The van der Waals surface area contributed by atoms with Crippen molar-refractivity contribution in [3.63, 3.8) is 0 Å². The maximum absolute atomic E-state index is 13.0. The first kappa shape index (κ1) is 17.5. The van der Waals surface area contributed by atoms with E-state index >= 15 is 0 Å². The molecule has 2 heterocycles. The highest BCUT2D eigenvalue weighted by atomic mass is 32.2. The molecule has 0 amide bonds. The maximum atomic E-state index is 13.0. The summed E-state index contributed by atoms with van der Waals surface area (Å²) in [6.45, 7) is 1.87. The number of hydrogen-bond donors (Lipinski definition) is 0. The van der Waals surface area contributed by atoms with E-state index in [4.69, 9.17) is 4.42 Å². The van der Waals surface area contributed by atoms with Crippen LogP contribution in [0, 0.1) is 15.9 Å². The number of hydrogen-bond acceptors (Lipinski definition) is 6. The molecule has 0 aliphatic carbocycles. The zero-order chi connectivity index (χ0) is 18.0. The molecule has 0 radical (unpaired) electrons. The number of sulfonamides is 1. The van der Waals surface area contributed by atoms with Gasteiger partial charge in [0.1, 0.15) is 16.5 Å². The van der Waals surface area contributed by atoms with Crippen LogP contribution in [0.5, 0.6) is 0 Å². The summed E-state index contributed by atoms with van der Waals surface area (Å²) in [5.74, 6) is -0.342. The second kappa shape index (κ2) is 6.90. The molecule has 1 aliphatic heterocycles. The van der Waals surface area contributed by atoms with Crippen LogP contribution in [0.2, 0.25) is 0 Å². The summed E-state index contributed by atoms with van der Waals surface area (Å²) in [7, 11) is -3.65. The molecule has 3 rings (SSSR count). The van der Waals surface area contributed by atoms with E-state index in [1.54, 1.807) is 6.07 Å². The number of rotatable bonds is 5. The minimum atomic E-state index is -3.65. The first-order valence-corrected chi connectivity index (χ1v) is 9.01. The smallest absolute Gasteiger partial charge is 0.404 e. The van der Waals surface area contributed by atoms with Crippen LogP contribution in [-0.2, 0) is 16.6 Å². The van der Waals surface area contributed by atoms with Crippen LogP contribution in [0.25, 0.3) is 0 Å². The highest BCUT2D eigenvalue weighted by Crippen LogP contribution is 2.21. The summed E-state index contributed by atoms with van der Waals surface area (Å²) in [5, 5.41) is 10.6. The third-order valence-electron chi connectivity index (χ3n) is 3.99. The molecule has 0 spiro atoms. The molecule has 8 nitrogen and oxygen atoms in total. The lowest BCUT2D eigenvalue weighted by Crippen LogP contribution is -2.48. The van der Waals surface area contributed by atoms with Crippen molar-refractivity contribution in [1.82, 2.24) is 9.21 Å². The number of nitrogens with zero attached hydrogens (tertiary/aromatic N) is 3. The van der Waals surface area contributed by atoms with Crippen LogP contribution in [0.1, 0.15) is 5.76 Å². The molecule has 1 aliphatic rings. The largest absolute Gasteiger partial charge is 0.433 e. The highest BCUT2D eigenvalue weighted by molar-refractivity contribution is 7.89. The van der Waals surface area contributed by atoms with Gasteiger partial charge in [0.15, 0.2) is 0 Å². The van der Waals surface area contributed by atoms with Crippen molar-refractivity contribution in [1.29, 1.82) is 0 Å². The molecule has 1 saturated heterocycles. The topological polar surface area (TPSA) is 96.9 Å². The van der Waals surface area contributed by atoms with E-state index in [2.05, 4.69) is 0 Å². The third-order valence-corrected chi connectivity index (χ3v) is 5.90. The van der Waals surface area contributed by atoms with Crippen molar-refractivity contribution in [2.75, 3.05) is 26.2 Å². The molecule has 25 heavy (non-hydrogen) atoms. The molecule has 134 valence electrons. The average molecular weight is 369 g/mol. The van der Waals surface area contributed by atoms with Crippen molar-refractivity contribution in [2.24, 2.45) is 0 Å². The molecule has 1 aromatic heterocycles. The molecular formula is C15H16FN3O5S. The van der Waals surface area contributed by atoms with Crippen LogP contribution in [0.3, 0.4) is 0 Å². The number of benzene rings is 1. The van der Waals surface area contributed by atoms with Gasteiger partial charge in [-0.15, -0.1) is 0 Å². The fourth-order valence-corrected chi connectivity index (χ4v) is 4.08. The van der Waals surface area contributed by atoms with Crippen molar-refractivity contribution < 1.29 is 22.1 Å². The lowest BCUT2D eigenvalue weighted by molar-refractivity contribution is -0.402. The maximum Gasteiger partial charge on any atom is 0.433 e. The monoisotopic (exact) mass is 369 g/mol. The van der Waals surface area contributed by atoms with Crippen LogP contribution in [0.15, 0.2) is 45.7 Å². The number of nitro groups is 1. The highest BCUT2D eigenvalue weighted by Gasteiger charge is 2.29. The lowest BCUT2D eigenvalue weighted by atomic mass is 10.3. The first-order chi connectivity index (χ1) is 11.9. The van der Waals surface area contributed by atoms with E-state index in [0.29, 0.717) is 25.4 Å². The van der Waals surface area contributed by atoms with Gasteiger partial charge >= 0.3 is 5.88 Å². The zero-order valence-electron chi connectivity index (χ0n) is 13.2. The normalized spacial score (nSPS) is 16.8. The Bertz CT molecular complexity index is 858. The Morgan fingerprint density at radius 3 is 2.28 bits per heavy atom. The van der Waals surface area contributed by atoms with Gasteiger partial charge in [-0.05, 0) is 30.3 Å². The van der Waals surface area contributed by atoms with Crippen molar-refractivity contribution in [2.45, 2.75) is 11.4 Å². The Kier molecular flexibility index (Phi) is 4.84. The Morgan fingerprint density at radius 1 is 1.08 bits per heavy atom. The summed E-state index contributed by atoms with van der Waals surface area (Å²) in [6.07, 6.45) is 0. The number of halogens is 1. The second-order valence-electron chi connectivity index (χ2n) is 5.63. The molecule has 0 unspecified atom stereocenters. The summed E-state index contributed by atoms with van der Waals surface area (Å²) < 4.78 is 44.5. The van der Waals surface area contributed by atoms with Gasteiger partial charge in [0.05, 0.1) is 17.5 Å². The SMILES string of the molecule is O=[N+]([O-])c1ccc(CN2CCN(S(=O)(=O)c3ccc(F)cc3)CC2)o1. The standard InChI is InChI=1S/C15H16FN3O5S/c16-12-1-4-14(5-2-12)25(22,23)18-9-7-17(8-10-18)11-13-3-6-15(24-13)19(20)21/h1-6H,7-11H2. The molecule has 0 bridgehead atoms. The van der Waals surface area contributed by atoms with Crippen molar-refractivity contribution in [3.05, 3.63) is 58.1 Å². The van der Waals surface area contributed by atoms with Crippen LogP contribution in [0.4, 0.5) is 10.3 Å². The number of piperazine rings is 1.